The summed E-state index contributed by atoms with van der Waals surface area (Å²) in [6.07, 6.45) is 6.30. The summed E-state index contributed by atoms with van der Waals surface area (Å²) in [6.45, 7) is 6.60. The molecule has 0 spiro atoms. The molecule has 1 saturated heterocycles. The fourth-order valence-electron chi connectivity index (χ4n) is 2.73. The van der Waals surface area contributed by atoms with Gasteiger partial charge in [-0.2, -0.15) is 0 Å². The minimum Gasteiger partial charge on any atom is -0.444 e. The Kier molecular flexibility index (Phi) is 4.46. The minimum absolute atomic E-state index is 0.331. The van der Waals surface area contributed by atoms with Gasteiger partial charge in [0.2, 0.25) is 0 Å². The molecule has 1 atom stereocenters. The monoisotopic (exact) mass is 293 g/mol. The second-order valence-electron chi connectivity index (χ2n) is 6.29. The quantitative estimate of drug-likeness (QED) is 0.856. The van der Waals surface area contributed by atoms with Crippen molar-refractivity contribution in [2.75, 3.05) is 20.3 Å². The van der Waals surface area contributed by atoms with Gasteiger partial charge in [0.15, 0.2) is 0 Å². The van der Waals surface area contributed by atoms with Gasteiger partial charge in [0.05, 0.1) is 18.5 Å². The maximum absolute atomic E-state index is 12.5. The number of aromatic nitrogens is 2. The second-order valence-corrected chi connectivity index (χ2v) is 6.29. The van der Waals surface area contributed by atoms with Crippen LogP contribution in [0.3, 0.4) is 0 Å². The van der Waals surface area contributed by atoms with Gasteiger partial charge in [0, 0.05) is 26.0 Å². The van der Waals surface area contributed by atoms with E-state index in [1.807, 2.05) is 20.8 Å². The zero-order valence-corrected chi connectivity index (χ0v) is 13.1. The molecule has 2 rings (SSSR count). The van der Waals surface area contributed by atoms with E-state index >= 15 is 0 Å². The summed E-state index contributed by atoms with van der Waals surface area (Å²) >= 11 is 0. The van der Waals surface area contributed by atoms with Crippen molar-refractivity contribution in [3.8, 4) is 0 Å². The van der Waals surface area contributed by atoms with E-state index in [9.17, 15) is 4.79 Å². The van der Waals surface area contributed by atoms with Crippen LogP contribution in [0.1, 0.15) is 39.3 Å². The predicted molar refractivity (Wildman–Crippen MR) is 77.8 cm³/mol. The molecule has 0 radical (unpaired) electrons. The Hall–Kier alpha value is -1.69. The summed E-state index contributed by atoms with van der Waals surface area (Å²) in [5.74, 6) is 0. The maximum atomic E-state index is 12.5. The molecule has 1 amide bonds. The van der Waals surface area contributed by atoms with Crippen molar-refractivity contribution in [2.45, 2.75) is 44.8 Å². The Balaban J connectivity index is 2.33. The largest absolute Gasteiger partial charge is 0.444 e. The van der Waals surface area contributed by atoms with Crippen LogP contribution in [0.4, 0.5) is 4.79 Å². The first-order valence-corrected chi connectivity index (χ1v) is 7.15. The predicted octanol–water partition coefficient (Wildman–Crippen LogP) is 2.35. The van der Waals surface area contributed by atoms with E-state index in [2.05, 4.69) is 9.97 Å². The van der Waals surface area contributed by atoms with Crippen LogP contribution in [0.25, 0.3) is 0 Å². The molecule has 0 aromatic carbocycles. The van der Waals surface area contributed by atoms with Crippen molar-refractivity contribution in [3.63, 3.8) is 0 Å². The zero-order valence-electron chi connectivity index (χ0n) is 13.1. The molecule has 21 heavy (non-hydrogen) atoms. The third-order valence-electron chi connectivity index (χ3n) is 3.53. The Morgan fingerprint density at radius 2 is 2.19 bits per heavy atom. The van der Waals surface area contributed by atoms with E-state index < -0.39 is 11.1 Å². The highest BCUT2D eigenvalue weighted by Gasteiger charge is 2.48. The molecule has 0 aliphatic carbocycles. The molecule has 1 aliphatic rings. The van der Waals surface area contributed by atoms with Crippen molar-refractivity contribution in [3.05, 3.63) is 24.3 Å². The number of amides is 1. The normalized spacial score (nSPS) is 22.4. The molecular weight excluding hydrogens is 270 g/mol. The first-order valence-electron chi connectivity index (χ1n) is 7.15. The van der Waals surface area contributed by atoms with Crippen molar-refractivity contribution >= 4 is 6.09 Å². The highest BCUT2D eigenvalue weighted by molar-refractivity contribution is 5.70. The third-order valence-corrected chi connectivity index (χ3v) is 3.53. The van der Waals surface area contributed by atoms with Gasteiger partial charge in [-0.25, -0.2) is 4.79 Å². The lowest BCUT2D eigenvalue weighted by Crippen LogP contribution is -2.50. The summed E-state index contributed by atoms with van der Waals surface area (Å²) in [4.78, 5) is 22.8. The maximum Gasteiger partial charge on any atom is 0.411 e. The van der Waals surface area contributed by atoms with Crippen LogP contribution in [0.5, 0.6) is 0 Å². The van der Waals surface area contributed by atoms with Gasteiger partial charge in [0.25, 0.3) is 0 Å². The van der Waals surface area contributed by atoms with Crippen LogP contribution in [-0.4, -0.2) is 46.8 Å². The second kappa shape index (κ2) is 5.97. The standard InChI is InChI=1S/C15H23N3O3/c1-14(2,3)21-13(19)18-9-5-6-15(18,11-20-4)12-10-16-7-8-17-12/h7-8,10H,5-6,9,11H2,1-4H3. The van der Waals surface area contributed by atoms with E-state index in [0.29, 0.717) is 13.2 Å². The number of rotatable bonds is 3. The van der Waals surface area contributed by atoms with Crippen molar-refractivity contribution < 1.29 is 14.3 Å². The molecule has 116 valence electrons. The lowest BCUT2D eigenvalue weighted by molar-refractivity contribution is -0.0139. The fourth-order valence-corrected chi connectivity index (χ4v) is 2.73. The molecule has 6 heteroatoms. The van der Waals surface area contributed by atoms with Crippen LogP contribution in [0.2, 0.25) is 0 Å². The van der Waals surface area contributed by atoms with Gasteiger partial charge >= 0.3 is 6.09 Å². The summed E-state index contributed by atoms with van der Waals surface area (Å²) in [6, 6.07) is 0. The lowest BCUT2D eigenvalue weighted by Gasteiger charge is -2.37. The van der Waals surface area contributed by atoms with Crippen molar-refractivity contribution in [1.82, 2.24) is 14.9 Å². The average Bonchev–Trinajstić information content (AvgIpc) is 2.83. The van der Waals surface area contributed by atoms with Crippen LogP contribution in [0, 0.1) is 0 Å². The number of methoxy groups -OCH3 is 1. The number of nitrogens with zero attached hydrogens (tertiary/aromatic N) is 3. The molecule has 1 aromatic heterocycles. The Morgan fingerprint density at radius 1 is 1.43 bits per heavy atom. The van der Waals surface area contributed by atoms with E-state index in [1.165, 1.54) is 0 Å². The number of hydrogen-bond donors (Lipinski definition) is 0. The highest BCUT2D eigenvalue weighted by Crippen LogP contribution is 2.38. The van der Waals surface area contributed by atoms with Gasteiger partial charge in [-0.15, -0.1) is 0 Å². The van der Waals surface area contributed by atoms with E-state index in [0.717, 1.165) is 18.5 Å². The number of hydrogen-bond acceptors (Lipinski definition) is 5. The van der Waals surface area contributed by atoms with Gasteiger partial charge in [-0.3, -0.25) is 14.9 Å². The van der Waals surface area contributed by atoms with Crippen molar-refractivity contribution in [1.29, 1.82) is 0 Å². The number of carbonyl (C=O) groups is 1. The zero-order chi connectivity index (χ0) is 15.5. The molecular formula is C15H23N3O3. The first kappa shape index (κ1) is 15.7. The number of ether oxygens (including phenoxy) is 2. The summed E-state index contributed by atoms with van der Waals surface area (Å²) in [5, 5.41) is 0. The Morgan fingerprint density at radius 3 is 2.76 bits per heavy atom. The molecule has 1 aromatic rings. The number of carbonyl (C=O) groups excluding carboxylic acids is 1. The van der Waals surface area contributed by atoms with E-state index in [4.69, 9.17) is 9.47 Å². The molecule has 6 nitrogen and oxygen atoms in total. The van der Waals surface area contributed by atoms with Gasteiger partial charge in [-0.05, 0) is 33.6 Å². The molecule has 0 bridgehead atoms. The van der Waals surface area contributed by atoms with Crippen LogP contribution < -0.4 is 0 Å². The molecule has 0 N–H and O–H groups in total. The number of likely N-dealkylation sites (tertiary alicyclic amines) is 1. The topological polar surface area (TPSA) is 64.6 Å². The summed E-state index contributed by atoms with van der Waals surface area (Å²) in [7, 11) is 1.63. The third kappa shape index (κ3) is 3.32. The smallest absolute Gasteiger partial charge is 0.411 e. The van der Waals surface area contributed by atoms with Crippen LogP contribution in [-0.2, 0) is 15.0 Å². The molecule has 1 unspecified atom stereocenters. The highest BCUT2D eigenvalue weighted by atomic mass is 16.6. The van der Waals surface area contributed by atoms with Crippen LogP contribution >= 0.6 is 0 Å². The lowest BCUT2D eigenvalue weighted by atomic mass is 9.93. The van der Waals surface area contributed by atoms with Crippen molar-refractivity contribution in [2.24, 2.45) is 0 Å². The molecule has 0 saturated carbocycles. The SMILES string of the molecule is COCC1(c2cnccn2)CCCN1C(=O)OC(C)(C)C. The average molecular weight is 293 g/mol. The van der Waals surface area contributed by atoms with Gasteiger partial charge < -0.3 is 9.47 Å². The first-order chi connectivity index (χ1) is 9.89. The summed E-state index contributed by atoms with van der Waals surface area (Å²) in [5.41, 5.74) is -0.373. The Bertz CT molecular complexity index is 487. The summed E-state index contributed by atoms with van der Waals surface area (Å²) < 4.78 is 10.9. The van der Waals surface area contributed by atoms with Gasteiger partial charge in [0.1, 0.15) is 11.1 Å². The fraction of sp³-hybridized carbons (Fsp3) is 0.667. The van der Waals surface area contributed by atoms with Gasteiger partial charge in [-0.1, -0.05) is 0 Å². The minimum atomic E-state index is -0.592. The molecule has 2 heterocycles. The molecule has 1 aliphatic heterocycles. The Labute approximate surface area is 125 Å². The van der Waals surface area contributed by atoms with Crippen LogP contribution in [0.15, 0.2) is 18.6 Å². The van der Waals surface area contributed by atoms with E-state index in [-0.39, 0.29) is 6.09 Å². The molecule has 1 fully saturated rings. The van der Waals surface area contributed by atoms with E-state index in [1.54, 1.807) is 30.6 Å².